The van der Waals surface area contributed by atoms with Crippen molar-refractivity contribution in [3.63, 3.8) is 0 Å². The standard InChI is InChI=1S/C21H22N2O6/c1-21-11-15(14-9-12(19(24)28-4)5-7-16(14)29-21)22-20(25)23(21)13-6-8-17(26-2)18(10-13)27-3/h5-10,15H,11H2,1-4H3,(H,22,25)/t15-,21+/m0/s1. The van der Waals surface area contributed by atoms with Gasteiger partial charge in [0.05, 0.1) is 38.6 Å². The summed E-state index contributed by atoms with van der Waals surface area (Å²) in [7, 11) is 4.43. The number of methoxy groups -OCH3 is 3. The highest BCUT2D eigenvalue weighted by Gasteiger charge is 2.50. The summed E-state index contributed by atoms with van der Waals surface area (Å²) in [5, 5.41) is 3.01. The van der Waals surface area contributed by atoms with Crippen LogP contribution in [0.4, 0.5) is 10.5 Å². The Morgan fingerprint density at radius 1 is 1.14 bits per heavy atom. The summed E-state index contributed by atoms with van der Waals surface area (Å²) >= 11 is 0. The highest BCUT2D eigenvalue weighted by Crippen LogP contribution is 2.46. The van der Waals surface area contributed by atoms with Crippen LogP contribution in [0.5, 0.6) is 17.2 Å². The molecule has 0 aromatic heterocycles. The van der Waals surface area contributed by atoms with Crippen LogP contribution < -0.4 is 24.4 Å². The lowest BCUT2D eigenvalue weighted by molar-refractivity contribution is 0.0377. The molecule has 152 valence electrons. The number of anilines is 1. The number of esters is 1. The molecule has 1 saturated heterocycles. The molecule has 0 aliphatic carbocycles. The topological polar surface area (TPSA) is 86.3 Å². The van der Waals surface area contributed by atoms with Gasteiger partial charge in [-0.05, 0) is 37.3 Å². The number of carbonyl (C=O) groups excluding carboxylic acids is 2. The Morgan fingerprint density at radius 3 is 2.59 bits per heavy atom. The number of nitrogens with one attached hydrogen (secondary N) is 1. The quantitative estimate of drug-likeness (QED) is 0.796. The SMILES string of the molecule is COC(=O)c1ccc2c(c1)[C@@H]1C[C@@](C)(O2)N(c2ccc(OC)c(OC)c2)C(=O)N1. The first kappa shape index (κ1) is 18.9. The van der Waals surface area contributed by atoms with Gasteiger partial charge in [-0.25, -0.2) is 9.59 Å². The Balaban J connectivity index is 1.74. The molecule has 8 heteroatoms. The number of benzene rings is 2. The van der Waals surface area contributed by atoms with Gasteiger partial charge in [0.1, 0.15) is 5.75 Å². The van der Waals surface area contributed by atoms with E-state index in [2.05, 4.69) is 5.32 Å². The number of rotatable bonds is 4. The van der Waals surface area contributed by atoms with Crippen LogP contribution >= 0.6 is 0 Å². The molecule has 0 spiro atoms. The first-order valence-corrected chi connectivity index (χ1v) is 9.14. The summed E-state index contributed by atoms with van der Waals surface area (Å²) in [5.74, 6) is 1.27. The molecule has 2 aromatic carbocycles. The van der Waals surface area contributed by atoms with E-state index in [9.17, 15) is 9.59 Å². The number of carbonyl (C=O) groups is 2. The number of ether oxygens (including phenoxy) is 4. The Morgan fingerprint density at radius 2 is 1.90 bits per heavy atom. The van der Waals surface area contributed by atoms with E-state index in [1.54, 1.807) is 55.5 Å². The third kappa shape index (κ3) is 3.00. The van der Waals surface area contributed by atoms with Crippen LogP contribution in [0.15, 0.2) is 36.4 Å². The van der Waals surface area contributed by atoms with E-state index in [1.807, 2.05) is 6.92 Å². The van der Waals surface area contributed by atoms with Gasteiger partial charge >= 0.3 is 12.0 Å². The zero-order valence-electron chi connectivity index (χ0n) is 16.6. The van der Waals surface area contributed by atoms with E-state index >= 15 is 0 Å². The maximum absolute atomic E-state index is 13.0. The first-order chi connectivity index (χ1) is 13.9. The molecule has 2 aliphatic heterocycles. The maximum atomic E-state index is 13.0. The fourth-order valence-electron chi connectivity index (χ4n) is 3.97. The molecule has 1 fully saturated rings. The Hall–Kier alpha value is -3.42. The monoisotopic (exact) mass is 398 g/mol. The predicted molar refractivity (Wildman–Crippen MR) is 105 cm³/mol. The molecule has 8 nitrogen and oxygen atoms in total. The van der Waals surface area contributed by atoms with Gasteiger partial charge in [0.2, 0.25) is 0 Å². The fourth-order valence-corrected chi connectivity index (χ4v) is 3.97. The molecule has 2 amide bonds. The second kappa shape index (κ2) is 6.88. The number of fused-ring (bicyclic) bond motifs is 4. The van der Waals surface area contributed by atoms with Gasteiger partial charge in [-0.3, -0.25) is 4.90 Å². The molecule has 1 N–H and O–H groups in total. The molecule has 29 heavy (non-hydrogen) atoms. The second-order valence-corrected chi connectivity index (χ2v) is 7.10. The molecule has 0 radical (unpaired) electrons. The van der Waals surface area contributed by atoms with Crippen molar-refractivity contribution in [3.8, 4) is 17.2 Å². The number of urea groups is 1. The lowest BCUT2D eigenvalue weighted by Gasteiger charge is -2.50. The van der Waals surface area contributed by atoms with Crippen LogP contribution in [-0.4, -0.2) is 39.1 Å². The molecule has 0 unspecified atom stereocenters. The Bertz CT molecular complexity index is 991. The third-order valence-corrected chi connectivity index (χ3v) is 5.32. The maximum Gasteiger partial charge on any atom is 0.337 e. The number of amides is 2. The zero-order valence-corrected chi connectivity index (χ0v) is 16.6. The largest absolute Gasteiger partial charge is 0.493 e. The summed E-state index contributed by atoms with van der Waals surface area (Å²) < 4.78 is 21.7. The Labute approximate surface area is 168 Å². The second-order valence-electron chi connectivity index (χ2n) is 7.10. The normalized spacial score (nSPS) is 22.1. The van der Waals surface area contributed by atoms with E-state index in [4.69, 9.17) is 18.9 Å². The van der Waals surface area contributed by atoms with Crippen LogP contribution in [-0.2, 0) is 4.74 Å². The van der Waals surface area contributed by atoms with Gasteiger partial charge in [0.25, 0.3) is 0 Å². The van der Waals surface area contributed by atoms with E-state index < -0.39 is 11.7 Å². The average molecular weight is 398 g/mol. The molecule has 0 saturated carbocycles. The van der Waals surface area contributed by atoms with Crippen molar-refractivity contribution < 1.29 is 28.5 Å². The van der Waals surface area contributed by atoms with Gasteiger partial charge in [0, 0.05) is 18.1 Å². The van der Waals surface area contributed by atoms with Crippen molar-refractivity contribution in [2.45, 2.75) is 25.1 Å². The van der Waals surface area contributed by atoms with Crippen molar-refractivity contribution in [1.29, 1.82) is 0 Å². The van der Waals surface area contributed by atoms with Crippen LogP contribution in [0.2, 0.25) is 0 Å². The minimum absolute atomic E-state index is 0.280. The van der Waals surface area contributed by atoms with Gasteiger partial charge in [-0.15, -0.1) is 0 Å². The van der Waals surface area contributed by atoms with E-state index in [0.717, 1.165) is 5.56 Å². The van der Waals surface area contributed by atoms with Gasteiger partial charge in [-0.2, -0.15) is 0 Å². The summed E-state index contributed by atoms with van der Waals surface area (Å²) in [5.41, 5.74) is 0.878. The van der Waals surface area contributed by atoms with Gasteiger partial charge in [0.15, 0.2) is 17.2 Å². The predicted octanol–water partition coefficient (Wildman–Crippen LogP) is 3.26. The summed E-state index contributed by atoms with van der Waals surface area (Å²) in [6.45, 7) is 1.87. The summed E-state index contributed by atoms with van der Waals surface area (Å²) in [4.78, 5) is 26.5. The first-order valence-electron chi connectivity index (χ1n) is 9.14. The molecule has 2 bridgehead atoms. The lowest BCUT2D eigenvalue weighted by Crippen LogP contribution is -2.65. The zero-order chi connectivity index (χ0) is 20.8. The Kier molecular flexibility index (Phi) is 4.49. The van der Waals surface area contributed by atoms with Crippen molar-refractivity contribution in [1.82, 2.24) is 5.32 Å². The minimum atomic E-state index is -0.910. The highest BCUT2D eigenvalue weighted by molar-refractivity contribution is 5.95. The summed E-state index contributed by atoms with van der Waals surface area (Å²) in [6.07, 6.45) is 0.505. The average Bonchev–Trinajstić information content (AvgIpc) is 2.72. The number of hydrogen-bond donors (Lipinski definition) is 1. The van der Waals surface area contributed by atoms with E-state index in [-0.39, 0.29) is 12.1 Å². The van der Waals surface area contributed by atoms with Crippen LogP contribution in [0.1, 0.15) is 35.3 Å². The van der Waals surface area contributed by atoms with Crippen molar-refractivity contribution >= 4 is 17.7 Å². The lowest BCUT2D eigenvalue weighted by atomic mass is 9.89. The fraction of sp³-hybridized carbons (Fsp3) is 0.333. The van der Waals surface area contributed by atoms with Crippen molar-refractivity contribution in [2.75, 3.05) is 26.2 Å². The molecular formula is C21H22N2O6. The molecule has 2 heterocycles. The smallest absolute Gasteiger partial charge is 0.337 e. The highest BCUT2D eigenvalue weighted by atomic mass is 16.5. The number of nitrogens with zero attached hydrogens (tertiary/aromatic N) is 1. The van der Waals surface area contributed by atoms with Crippen LogP contribution in [0.25, 0.3) is 0 Å². The van der Waals surface area contributed by atoms with Gasteiger partial charge in [-0.1, -0.05) is 0 Å². The number of hydrogen-bond acceptors (Lipinski definition) is 6. The van der Waals surface area contributed by atoms with Gasteiger partial charge < -0.3 is 24.3 Å². The van der Waals surface area contributed by atoms with Crippen LogP contribution in [0.3, 0.4) is 0 Å². The molecular weight excluding hydrogens is 376 g/mol. The van der Waals surface area contributed by atoms with Crippen molar-refractivity contribution in [2.24, 2.45) is 0 Å². The minimum Gasteiger partial charge on any atom is -0.493 e. The molecule has 4 rings (SSSR count). The van der Waals surface area contributed by atoms with Crippen LogP contribution in [0, 0.1) is 0 Å². The van der Waals surface area contributed by atoms with E-state index in [1.165, 1.54) is 7.11 Å². The molecule has 2 aromatic rings. The molecule has 2 aliphatic rings. The van der Waals surface area contributed by atoms with E-state index in [0.29, 0.717) is 34.9 Å². The summed E-state index contributed by atoms with van der Waals surface area (Å²) in [6, 6.07) is 9.78. The molecule has 2 atom stereocenters. The third-order valence-electron chi connectivity index (χ3n) is 5.32. The van der Waals surface area contributed by atoms with Crippen molar-refractivity contribution in [3.05, 3.63) is 47.5 Å².